The zero-order valence-electron chi connectivity index (χ0n) is 11.0. The summed E-state index contributed by atoms with van der Waals surface area (Å²) in [5.74, 6) is 0.334. The van der Waals surface area contributed by atoms with Crippen LogP contribution < -0.4 is 0 Å². The summed E-state index contributed by atoms with van der Waals surface area (Å²) in [4.78, 5) is 0. The fourth-order valence-corrected chi connectivity index (χ4v) is 2.67. The van der Waals surface area contributed by atoms with Crippen LogP contribution in [0.25, 0.3) is 0 Å². The lowest BCUT2D eigenvalue weighted by Crippen LogP contribution is -2.21. The Balaban J connectivity index is 1.75. The second-order valence-corrected chi connectivity index (χ2v) is 5.06. The molecule has 96 valence electrons. The molecule has 1 heteroatoms. The Morgan fingerprint density at radius 1 is 0.842 bits per heavy atom. The van der Waals surface area contributed by atoms with E-state index in [0.717, 1.165) is 13.0 Å². The van der Waals surface area contributed by atoms with Crippen LogP contribution in [0.3, 0.4) is 0 Å². The van der Waals surface area contributed by atoms with Crippen molar-refractivity contribution >= 4 is 0 Å². The molecule has 19 heavy (non-hydrogen) atoms. The van der Waals surface area contributed by atoms with Crippen LogP contribution in [0.4, 0.5) is 0 Å². The van der Waals surface area contributed by atoms with Gasteiger partial charge in [-0.25, -0.2) is 0 Å². The summed E-state index contributed by atoms with van der Waals surface area (Å²) in [6, 6.07) is 20.9. The average molecular weight is 250 g/mol. The van der Waals surface area contributed by atoms with E-state index in [4.69, 9.17) is 4.74 Å². The Morgan fingerprint density at radius 2 is 1.42 bits per heavy atom. The maximum Gasteiger partial charge on any atom is 0.0862 e. The van der Waals surface area contributed by atoms with E-state index in [1.165, 1.54) is 16.7 Å². The van der Waals surface area contributed by atoms with Gasteiger partial charge < -0.3 is 4.74 Å². The van der Waals surface area contributed by atoms with Crippen LogP contribution >= 0.6 is 0 Å². The Labute approximate surface area is 114 Å². The molecule has 0 radical (unpaired) electrons. The summed E-state index contributed by atoms with van der Waals surface area (Å²) in [6.45, 7) is 4.99. The fraction of sp³-hybridized carbons (Fsp3) is 0.222. The SMILES string of the molecule is C=C1C[C@H](c2ccccc2)OC[C@@H]1c1ccccc1. The van der Waals surface area contributed by atoms with Gasteiger partial charge in [-0.15, -0.1) is 0 Å². The Morgan fingerprint density at radius 3 is 2.00 bits per heavy atom. The lowest BCUT2D eigenvalue weighted by Gasteiger charge is -2.31. The largest absolute Gasteiger partial charge is 0.372 e. The van der Waals surface area contributed by atoms with E-state index in [1.807, 2.05) is 12.1 Å². The van der Waals surface area contributed by atoms with Gasteiger partial charge in [-0.3, -0.25) is 0 Å². The van der Waals surface area contributed by atoms with Gasteiger partial charge in [0.15, 0.2) is 0 Å². The van der Waals surface area contributed by atoms with Crippen molar-refractivity contribution < 1.29 is 4.74 Å². The first-order valence-corrected chi connectivity index (χ1v) is 6.74. The molecule has 0 N–H and O–H groups in total. The van der Waals surface area contributed by atoms with Gasteiger partial charge in [0.05, 0.1) is 12.7 Å². The fourth-order valence-electron chi connectivity index (χ4n) is 2.67. The first-order chi connectivity index (χ1) is 9.34. The van der Waals surface area contributed by atoms with Gasteiger partial charge in [0.1, 0.15) is 0 Å². The molecule has 1 nitrogen and oxygen atoms in total. The van der Waals surface area contributed by atoms with Crippen molar-refractivity contribution in [2.45, 2.75) is 18.4 Å². The minimum atomic E-state index is 0.161. The molecule has 0 unspecified atom stereocenters. The monoisotopic (exact) mass is 250 g/mol. The number of rotatable bonds is 2. The molecule has 0 saturated carbocycles. The summed E-state index contributed by atoms with van der Waals surface area (Å²) < 4.78 is 6.04. The first-order valence-electron chi connectivity index (χ1n) is 6.74. The van der Waals surface area contributed by atoms with Gasteiger partial charge in [0, 0.05) is 5.92 Å². The molecule has 3 rings (SSSR count). The third-order valence-corrected chi connectivity index (χ3v) is 3.78. The first kappa shape index (κ1) is 12.2. The molecule has 0 bridgehead atoms. The zero-order valence-corrected chi connectivity index (χ0v) is 11.0. The van der Waals surface area contributed by atoms with Crippen LogP contribution in [0.1, 0.15) is 29.6 Å². The minimum Gasteiger partial charge on any atom is -0.372 e. The Kier molecular flexibility index (Phi) is 3.47. The lowest BCUT2D eigenvalue weighted by atomic mass is 9.86. The van der Waals surface area contributed by atoms with E-state index in [9.17, 15) is 0 Å². The Bertz CT molecular complexity index is 544. The second kappa shape index (κ2) is 5.41. The lowest BCUT2D eigenvalue weighted by molar-refractivity contribution is 0.0250. The van der Waals surface area contributed by atoms with Crippen LogP contribution in [0.2, 0.25) is 0 Å². The highest BCUT2D eigenvalue weighted by atomic mass is 16.5. The van der Waals surface area contributed by atoms with Crippen molar-refractivity contribution in [3.8, 4) is 0 Å². The predicted molar refractivity (Wildman–Crippen MR) is 78.1 cm³/mol. The van der Waals surface area contributed by atoms with Crippen LogP contribution in [0, 0.1) is 0 Å². The highest BCUT2D eigenvalue weighted by Crippen LogP contribution is 2.38. The van der Waals surface area contributed by atoms with Crippen molar-refractivity contribution in [1.82, 2.24) is 0 Å². The van der Waals surface area contributed by atoms with E-state index in [0.29, 0.717) is 5.92 Å². The molecule has 1 aliphatic rings. The third-order valence-electron chi connectivity index (χ3n) is 3.78. The molecule has 2 atom stereocenters. The van der Waals surface area contributed by atoms with Crippen LogP contribution in [0.15, 0.2) is 72.8 Å². The molecule has 1 heterocycles. The van der Waals surface area contributed by atoms with Crippen LogP contribution in [-0.2, 0) is 4.74 Å². The maximum atomic E-state index is 6.04. The second-order valence-electron chi connectivity index (χ2n) is 5.06. The molecule has 1 aliphatic heterocycles. The zero-order chi connectivity index (χ0) is 13.1. The third kappa shape index (κ3) is 2.61. The number of ether oxygens (including phenoxy) is 1. The van der Waals surface area contributed by atoms with Gasteiger partial charge in [-0.2, -0.15) is 0 Å². The van der Waals surface area contributed by atoms with Gasteiger partial charge in [-0.05, 0) is 17.5 Å². The number of hydrogen-bond donors (Lipinski definition) is 0. The number of hydrogen-bond acceptors (Lipinski definition) is 1. The smallest absolute Gasteiger partial charge is 0.0862 e. The molecule has 2 aromatic rings. The standard InChI is InChI=1S/C18H18O/c1-14-12-18(16-10-6-3-7-11-16)19-13-17(14)15-8-4-2-5-9-15/h2-11,17-18H,1,12-13H2/t17-,18+/m0/s1. The van der Waals surface area contributed by atoms with Crippen LogP contribution in [0.5, 0.6) is 0 Å². The number of benzene rings is 2. The van der Waals surface area contributed by atoms with Gasteiger partial charge in [0.2, 0.25) is 0 Å². The van der Waals surface area contributed by atoms with Crippen molar-refractivity contribution in [2.75, 3.05) is 6.61 Å². The van der Waals surface area contributed by atoms with Crippen molar-refractivity contribution in [3.05, 3.63) is 83.9 Å². The maximum absolute atomic E-state index is 6.04. The molecular weight excluding hydrogens is 232 g/mol. The predicted octanol–water partition coefficient (Wildman–Crippen LogP) is 4.49. The average Bonchev–Trinajstić information content (AvgIpc) is 2.49. The van der Waals surface area contributed by atoms with E-state index >= 15 is 0 Å². The molecule has 2 aromatic carbocycles. The molecule has 1 fully saturated rings. The van der Waals surface area contributed by atoms with Crippen molar-refractivity contribution in [2.24, 2.45) is 0 Å². The summed E-state index contributed by atoms with van der Waals surface area (Å²) in [6.07, 6.45) is 1.07. The highest BCUT2D eigenvalue weighted by Gasteiger charge is 2.26. The van der Waals surface area contributed by atoms with Crippen LogP contribution in [-0.4, -0.2) is 6.61 Å². The highest BCUT2D eigenvalue weighted by molar-refractivity contribution is 5.31. The van der Waals surface area contributed by atoms with Crippen molar-refractivity contribution in [3.63, 3.8) is 0 Å². The summed E-state index contributed by atoms with van der Waals surface area (Å²) in [7, 11) is 0. The quantitative estimate of drug-likeness (QED) is 0.714. The normalized spacial score (nSPS) is 23.3. The molecule has 0 aromatic heterocycles. The molecular formula is C18H18O. The van der Waals surface area contributed by atoms with Gasteiger partial charge in [-0.1, -0.05) is 72.8 Å². The minimum absolute atomic E-state index is 0.161. The molecule has 1 saturated heterocycles. The van der Waals surface area contributed by atoms with E-state index < -0.39 is 0 Å². The van der Waals surface area contributed by atoms with Crippen molar-refractivity contribution in [1.29, 1.82) is 0 Å². The topological polar surface area (TPSA) is 9.23 Å². The summed E-state index contributed by atoms with van der Waals surface area (Å²) >= 11 is 0. The Hall–Kier alpha value is -1.86. The summed E-state index contributed by atoms with van der Waals surface area (Å²) in [5, 5.41) is 0. The molecule has 0 amide bonds. The molecule has 0 aliphatic carbocycles. The van der Waals surface area contributed by atoms with E-state index in [1.54, 1.807) is 0 Å². The van der Waals surface area contributed by atoms with E-state index in [2.05, 4.69) is 55.1 Å². The van der Waals surface area contributed by atoms with Gasteiger partial charge in [0.25, 0.3) is 0 Å². The molecule has 0 spiro atoms. The van der Waals surface area contributed by atoms with Gasteiger partial charge >= 0.3 is 0 Å². The van der Waals surface area contributed by atoms with E-state index in [-0.39, 0.29) is 6.10 Å². The summed E-state index contributed by atoms with van der Waals surface area (Å²) in [5.41, 5.74) is 3.82.